The average Bonchev–Trinajstić information content (AvgIpc) is 3.27. The third-order valence-corrected chi connectivity index (χ3v) is 4.49. The average molecular weight is 459 g/mol. The second-order valence-electron chi connectivity index (χ2n) is 6.78. The van der Waals surface area contributed by atoms with Crippen LogP contribution in [0.25, 0.3) is 0 Å². The molecule has 1 heterocycles. The first kappa shape index (κ1) is 23.9. The maximum absolute atomic E-state index is 12.7. The van der Waals surface area contributed by atoms with E-state index in [1.54, 1.807) is 49.4 Å². The Bertz CT molecular complexity index is 992. The summed E-state index contributed by atoms with van der Waals surface area (Å²) in [5, 5.41) is 20.7. The molecule has 176 valence electrons. The number of hydrogen-bond donors (Lipinski definition) is 3. The Labute approximate surface area is 190 Å². The van der Waals surface area contributed by atoms with E-state index in [1.165, 1.54) is 6.08 Å². The molecule has 0 fully saturated rings. The van der Waals surface area contributed by atoms with Crippen LogP contribution in [0.1, 0.15) is 18.6 Å². The normalized spacial score (nSPS) is 14.0. The molecule has 33 heavy (non-hydrogen) atoms. The van der Waals surface area contributed by atoms with Crippen molar-refractivity contribution in [1.82, 2.24) is 0 Å². The van der Waals surface area contributed by atoms with Gasteiger partial charge < -0.3 is 33.9 Å². The number of benzene rings is 2. The first-order valence-corrected chi connectivity index (χ1v) is 10.2. The van der Waals surface area contributed by atoms with Gasteiger partial charge in [-0.1, -0.05) is 12.1 Å². The van der Waals surface area contributed by atoms with Gasteiger partial charge in [0.05, 0.1) is 6.61 Å². The van der Waals surface area contributed by atoms with Crippen molar-refractivity contribution in [2.24, 2.45) is 0 Å². The van der Waals surface area contributed by atoms with E-state index in [0.717, 1.165) is 6.08 Å². The molecule has 3 N–H and O–H groups in total. The number of anilines is 1. The van der Waals surface area contributed by atoms with Gasteiger partial charge in [0.1, 0.15) is 18.5 Å². The Balaban J connectivity index is 1.83. The van der Waals surface area contributed by atoms with E-state index < -0.39 is 24.3 Å². The van der Waals surface area contributed by atoms with Gasteiger partial charge in [0.2, 0.25) is 6.79 Å². The summed E-state index contributed by atoms with van der Waals surface area (Å²) in [6.45, 7) is 2.02. The van der Waals surface area contributed by atoms with Crippen LogP contribution in [0.4, 0.5) is 10.5 Å². The van der Waals surface area contributed by atoms with Crippen LogP contribution in [0.2, 0.25) is 0 Å². The summed E-state index contributed by atoms with van der Waals surface area (Å²) in [4.78, 5) is 23.8. The highest BCUT2D eigenvalue weighted by molar-refractivity contribution is 5.85. The quantitative estimate of drug-likeness (QED) is 0.434. The van der Waals surface area contributed by atoms with Crippen molar-refractivity contribution < 1.29 is 43.5 Å². The number of fused-ring (bicyclic) bond motifs is 1. The van der Waals surface area contributed by atoms with Gasteiger partial charge in [-0.2, -0.15) is 0 Å². The minimum atomic E-state index is -1.16. The van der Waals surface area contributed by atoms with Gasteiger partial charge in [-0.3, -0.25) is 5.32 Å². The molecule has 1 aliphatic heterocycles. The SMILES string of the molecule is CCO[C@H](/C=C/C(=O)O)[C@H](OC(=O)Nc1ccc2c(c1)OCO2)c1cccc(OCCO)c1. The molecule has 0 radical (unpaired) electrons. The first-order chi connectivity index (χ1) is 16.0. The van der Waals surface area contributed by atoms with Crippen LogP contribution in [-0.2, 0) is 14.3 Å². The lowest BCUT2D eigenvalue weighted by atomic mass is 10.0. The smallest absolute Gasteiger partial charge is 0.412 e. The lowest BCUT2D eigenvalue weighted by Gasteiger charge is -2.25. The minimum Gasteiger partial charge on any atom is -0.491 e. The van der Waals surface area contributed by atoms with Crippen molar-refractivity contribution in [3.8, 4) is 17.2 Å². The number of carboxylic acid groups (broad SMARTS) is 1. The second-order valence-corrected chi connectivity index (χ2v) is 6.78. The minimum absolute atomic E-state index is 0.0907. The second kappa shape index (κ2) is 11.7. The lowest BCUT2D eigenvalue weighted by molar-refractivity contribution is -0.131. The molecule has 1 amide bonds. The Morgan fingerprint density at radius 3 is 2.76 bits per heavy atom. The highest BCUT2D eigenvalue weighted by Gasteiger charge is 2.27. The van der Waals surface area contributed by atoms with Crippen LogP contribution in [0.3, 0.4) is 0 Å². The summed E-state index contributed by atoms with van der Waals surface area (Å²) in [5.74, 6) is 0.350. The van der Waals surface area contributed by atoms with E-state index in [2.05, 4.69) is 5.32 Å². The molecule has 10 nitrogen and oxygen atoms in total. The zero-order valence-corrected chi connectivity index (χ0v) is 17.9. The number of amides is 1. The van der Waals surface area contributed by atoms with E-state index in [0.29, 0.717) is 28.5 Å². The molecule has 10 heteroatoms. The lowest BCUT2D eigenvalue weighted by Crippen LogP contribution is -2.28. The van der Waals surface area contributed by atoms with E-state index >= 15 is 0 Å². The standard InChI is InChI=1S/C23H25NO9/c1-2-29-19(8-9-21(26)27)22(15-4-3-5-17(12-15)30-11-10-25)33-23(28)24-16-6-7-18-20(13-16)32-14-31-18/h3-9,12-13,19,22,25H,2,10-11,14H2,1H3,(H,24,28)(H,26,27)/b9-8+/t19-,22-/m1/s1. The van der Waals surface area contributed by atoms with Crippen LogP contribution in [0.5, 0.6) is 17.2 Å². The third-order valence-electron chi connectivity index (χ3n) is 4.49. The monoisotopic (exact) mass is 459 g/mol. The number of aliphatic hydroxyl groups is 1. The Morgan fingerprint density at radius 2 is 2.00 bits per heavy atom. The van der Waals surface area contributed by atoms with Gasteiger partial charge in [0.15, 0.2) is 17.6 Å². The largest absolute Gasteiger partial charge is 0.491 e. The van der Waals surface area contributed by atoms with Crippen LogP contribution in [0.15, 0.2) is 54.6 Å². The predicted octanol–water partition coefficient (Wildman–Crippen LogP) is 3.12. The first-order valence-electron chi connectivity index (χ1n) is 10.2. The molecule has 0 aliphatic carbocycles. The molecular weight excluding hydrogens is 434 g/mol. The van der Waals surface area contributed by atoms with Gasteiger partial charge in [-0.25, -0.2) is 9.59 Å². The molecule has 2 atom stereocenters. The van der Waals surface area contributed by atoms with E-state index in [9.17, 15) is 9.59 Å². The molecule has 0 aromatic heterocycles. The molecule has 0 bridgehead atoms. The molecule has 0 saturated heterocycles. The zero-order chi connectivity index (χ0) is 23.6. The molecule has 0 saturated carbocycles. The van der Waals surface area contributed by atoms with Crippen LogP contribution in [0, 0.1) is 0 Å². The molecule has 3 rings (SSSR count). The summed E-state index contributed by atoms with van der Waals surface area (Å²) in [7, 11) is 0. The number of ether oxygens (including phenoxy) is 5. The van der Waals surface area contributed by atoms with Gasteiger partial charge in [0.25, 0.3) is 0 Å². The topological polar surface area (TPSA) is 133 Å². The van der Waals surface area contributed by atoms with Gasteiger partial charge in [-0.05, 0) is 42.8 Å². The molecule has 0 unspecified atom stereocenters. The highest BCUT2D eigenvalue weighted by Crippen LogP contribution is 2.34. The van der Waals surface area contributed by atoms with Crippen LogP contribution in [-0.4, -0.2) is 55.0 Å². The Hall–Kier alpha value is -3.76. The molecular formula is C23H25NO9. The number of carboxylic acids is 1. The number of hydrogen-bond acceptors (Lipinski definition) is 8. The van der Waals surface area contributed by atoms with E-state index in [1.807, 2.05) is 0 Å². The van der Waals surface area contributed by atoms with Gasteiger partial charge >= 0.3 is 12.1 Å². The third kappa shape index (κ3) is 6.86. The summed E-state index contributed by atoms with van der Waals surface area (Å²) < 4.78 is 27.4. The summed E-state index contributed by atoms with van der Waals surface area (Å²) >= 11 is 0. The number of rotatable bonds is 11. The molecule has 2 aromatic carbocycles. The fourth-order valence-corrected chi connectivity index (χ4v) is 3.12. The maximum Gasteiger partial charge on any atom is 0.412 e. The summed E-state index contributed by atoms with van der Waals surface area (Å²) in [5.41, 5.74) is 0.942. The van der Waals surface area contributed by atoms with Crippen molar-refractivity contribution in [2.45, 2.75) is 19.1 Å². The number of aliphatic hydroxyl groups excluding tert-OH is 1. The van der Waals surface area contributed by atoms with Crippen molar-refractivity contribution in [1.29, 1.82) is 0 Å². The van der Waals surface area contributed by atoms with Gasteiger partial charge in [0, 0.05) is 24.4 Å². The molecule has 2 aromatic rings. The fourth-order valence-electron chi connectivity index (χ4n) is 3.12. The zero-order valence-electron chi connectivity index (χ0n) is 17.9. The number of carbonyl (C=O) groups excluding carboxylic acids is 1. The number of nitrogens with one attached hydrogen (secondary N) is 1. The van der Waals surface area contributed by atoms with Gasteiger partial charge in [-0.15, -0.1) is 0 Å². The van der Waals surface area contributed by atoms with E-state index in [4.69, 9.17) is 33.9 Å². The Morgan fingerprint density at radius 1 is 1.18 bits per heavy atom. The highest BCUT2D eigenvalue weighted by atomic mass is 16.7. The maximum atomic E-state index is 12.7. The molecule has 0 spiro atoms. The van der Waals surface area contributed by atoms with Crippen LogP contribution < -0.4 is 19.5 Å². The molecule has 1 aliphatic rings. The summed E-state index contributed by atoms with van der Waals surface area (Å²) in [6.07, 6.45) is -0.424. The number of carbonyl (C=O) groups is 2. The fraction of sp³-hybridized carbons (Fsp3) is 0.304. The van der Waals surface area contributed by atoms with Crippen molar-refractivity contribution in [3.05, 3.63) is 60.2 Å². The van der Waals surface area contributed by atoms with Crippen molar-refractivity contribution in [2.75, 3.05) is 31.9 Å². The number of aliphatic carboxylic acids is 1. The Kier molecular flexibility index (Phi) is 8.50. The van der Waals surface area contributed by atoms with Crippen molar-refractivity contribution >= 4 is 17.7 Å². The van der Waals surface area contributed by atoms with E-state index in [-0.39, 0.29) is 26.6 Å². The predicted molar refractivity (Wildman–Crippen MR) is 117 cm³/mol. The van der Waals surface area contributed by atoms with Crippen molar-refractivity contribution in [3.63, 3.8) is 0 Å². The van der Waals surface area contributed by atoms with Crippen LogP contribution >= 0.6 is 0 Å². The summed E-state index contributed by atoms with van der Waals surface area (Å²) in [6, 6.07) is 11.6.